The zero-order valence-corrected chi connectivity index (χ0v) is 10.9. The van der Waals surface area contributed by atoms with Gasteiger partial charge in [0.2, 0.25) is 0 Å². The Morgan fingerprint density at radius 1 is 1.17 bits per heavy atom. The largest absolute Gasteiger partial charge is 0.331 e. The fourth-order valence-electron chi connectivity index (χ4n) is 2.43. The predicted molar refractivity (Wildman–Crippen MR) is 63.9 cm³/mol. The average molecular weight is 271 g/mol. The third-order valence-corrected chi connectivity index (χ3v) is 3.61. The Morgan fingerprint density at radius 3 is 2.33 bits per heavy atom. The lowest BCUT2D eigenvalue weighted by Crippen LogP contribution is -2.58. The molecule has 4 rings (SSSR count). The van der Waals surface area contributed by atoms with E-state index in [-0.39, 0.29) is 5.41 Å². The van der Waals surface area contributed by atoms with Gasteiger partial charge in [0.15, 0.2) is 0 Å². The van der Waals surface area contributed by atoms with E-state index in [9.17, 15) is 0 Å². The van der Waals surface area contributed by atoms with Crippen LogP contribution in [0.5, 0.6) is 0 Å². The Kier molecular flexibility index (Phi) is 3.02. The fraction of sp³-hybridized carbons (Fsp3) is 0.667. The molecule has 4 heterocycles. The lowest BCUT2D eigenvalue weighted by atomic mass is 9.84. The molecular formula is C12H15ClN2O3. The van der Waals surface area contributed by atoms with E-state index < -0.39 is 5.97 Å². The highest BCUT2D eigenvalue weighted by Gasteiger charge is 2.54. The van der Waals surface area contributed by atoms with Crippen LogP contribution in [-0.2, 0) is 20.2 Å². The lowest BCUT2D eigenvalue weighted by Gasteiger charge is -2.51. The van der Waals surface area contributed by atoms with E-state index in [0.717, 1.165) is 12.8 Å². The van der Waals surface area contributed by atoms with Gasteiger partial charge in [-0.1, -0.05) is 24.9 Å². The number of hydrogen-bond acceptors (Lipinski definition) is 5. The van der Waals surface area contributed by atoms with Crippen molar-refractivity contribution in [2.24, 2.45) is 5.41 Å². The number of halogens is 1. The first kappa shape index (κ1) is 12.3. The Bertz CT molecular complexity index is 413. The van der Waals surface area contributed by atoms with Gasteiger partial charge in [0.05, 0.1) is 32.2 Å². The van der Waals surface area contributed by atoms with Gasteiger partial charge < -0.3 is 14.2 Å². The second kappa shape index (κ2) is 4.42. The van der Waals surface area contributed by atoms with E-state index in [2.05, 4.69) is 16.9 Å². The van der Waals surface area contributed by atoms with E-state index in [1.807, 2.05) is 0 Å². The van der Waals surface area contributed by atoms with E-state index in [4.69, 9.17) is 25.8 Å². The van der Waals surface area contributed by atoms with Crippen molar-refractivity contribution in [3.8, 4) is 0 Å². The summed E-state index contributed by atoms with van der Waals surface area (Å²) in [6.45, 7) is 4.04. The molecule has 18 heavy (non-hydrogen) atoms. The second-order valence-corrected chi connectivity index (χ2v) is 5.28. The Morgan fingerprint density at radius 2 is 1.83 bits per heavy atom. The zero-order valence-electron chi connectivity index (χ0n) is 10.2. The molecular weight excluding hydrogens is 256 g/mol. The van der Waals surface area contributed by atoms with Gasteiger partial charge in [-0.3, -0.25) is 0 Å². The minimum atomic E-state index is -1.19. The van der Waals surface area contributed by atoms with Crippen molar-refractivity contribution >= 4 is 11.6 Å². The third kappa shape index (κ3) is 1.91. The summed E-state index contributed by atoms with van der Waals surface area (Å²) in [5.74, 6) is -1.19. The van der Waals surface area contributed by atoms with E-state index in [1.165, 1.54) is 12.4 Å². The van der Waals surface area contributed by atoms with Gasteiger partial charge in [-0.25, -0.2) is 9.97 Å². The van der Waals surface area contributed by atoms with Crippen LogP contribution >= 0.6 is 11.6 Å². The molecule has 0 spiro atoms. The number of fused-ring (bicyclic) bond motifs is 3. The highest BCUT2D eigenvalue weighted by atomic mass is 35.5. The van der Waals surface area contributed by atoms with Crippen molar-refractivity contribution in [2.45, 2.75) is 25.7 Å². The Hall–Kier alpha value is -0.750. The molecule has 0 unspecified atom stereocenters. The number of rotatable bonds is 3. The van der Waals surface area contributed by atoms with Gasteiger partial charge in [0, 0.05) is 5.41 Å². The van der Waals surface area contributed by atoms with Gasteiger partial charge in [-0.15, -0.1) is 0 Å². The SMILES string of the molecule is CCCC12COC(c3cnc(Cl)cn3)(OC1)OC2. The van der Waals surface area contributed by atoms with E-state index >= 15 is 0 Å². The fourth-order valence-corrected chi connectivity index (χ4v) is 2.53. The van der Waals surface area contributed by atoms with Crippen molar-refractivity contribution in [2.75, 3.05) is 19.8 Å². The molecule has 3 fully saturated rings. The molecule has 1 aromatic rings. The van der Waals surface area contributed by atoms with Gasteiger partial charge >= 0.3 is 5.97 Å². The van der Waals surface area contributed by atoms with Gasteiger partial charge in [0.1, 0.15) is 10.8 Å². The van der Waals surface area contributed by atoms with Crippen molar-refractivity contribution in [1.82, 2.24) is 9.97 Å². The second-order valence-electron chi connectivity index (χ2n) is 4.90. The molecule has 5 nitrogen and oxygen atoms in total. The molecule has 3 aliphatic rings. The summed E-state index contributed by atoms with van der Waals surface area (Å²) in [4.78, 5) is 8.15. The van der Waals surface area contributed by atoms with Gasteiger partial charge in [-0.05, 0) is 6.42 Å². The normalized spacial score (nSPS) is 34.8. The summed E-state index contributed by atoms with van der Waals surface area (Å²) in [5.41, 5.74) is 0.507. The van der Waals surface area contributed by atoms with Crippen LogP contribution < -0.4 is 0 Å². The van der Waals surface area contributed by atoms with Crippen molar-refractivity contribution in [3.63, 3.8) is 0 Å². The lowest BCUT2D eigenvalue weighted by molar-refractivity contribution is -0.482. The molecule has 0 N–H and O–H groups in total. The molecule has 0 amide bonds. The molecule has 0 aliphatic carbocycles. The van der Waals surface area contributed by atoms with E-state index in [0.29, 0.717) is 30.7 Å². The van der Waals surface area contributed by atoms with Crippen molar-refractivity contribution < 1.29 is 14.2 Å². The maximum absolute atomic E-state index is 5.76. The summed E-state index contributed by atoms with van der Waals surface area (Å²) >= 11 is 5.72. The Balaban J connectivity index is 1.82. The number of nitrogens with zero attached hydrogens (tertiary/aromatic N) is 2. The number of ether oxygens (including phenoxy) is 3. The first-order chi connectivity index (χ1) is 8.68. The van der Waals surface area contributed by atoms with Crippen LogP contribution in [0.15, 0.2) is 12.4 Å². The molecule has 0 saturated carbocycles. The van der Waals surface area contributed by atoms with Gasteiger partial charge in [0.25, 0.3) is 0 Å². The summed E-state index contributed by atoms with van der Waals surface area (Å²) in [6.07, 6.45) is 5.11. The molecule has 0 aromatic carbocycles. The van der Waals surface area contributed by atoms with Crippen LogP contribution in [0, 0.1) is 5.41 Å². The third-order valence-electron chi connectivity index (χ3n) is 3.42. The predicted octanol–water partition coefficient (Wildman–Crippen LogP) is 2.10. The summed E-state index contributed by atoms with van der Waals surface area (Å²) in [7, 11) is 0. The first-order valence-corrected chi connectivity index (χ1v) is 6.46. The maximum atomic E-state index is 5.76. The standard InChI is InChI=1S/C12H15ClN2O3/c1-2-3-11-6-16-12(17-7-11,18-8-11)9-4-15-10(13)5-14-9/h4-5H,2-3,6-8H2,1H3. The van der Waals surface area contributed by atoms with E-state index in [1.54, 1.807) is 0 Å². The van der Waals surface area contributed by atoms with Crippen LogP contribution in [-0.4, -0.2) is 29.8 Å². The van der Waals surface area contributed by atoms with Crippen LogP contribution in [0.2, 0.25) is 5.15 Å². The van der Waals surface area contributed by atoms with Crippen LogP contribution in [0.4, 0.5) is 0 Å². The number of aromatic nitrogens is 2. The summed E-state index contributed by atoms with van der Waals surface area (Å²) in [6, 6.07) is 0. The quantitative estimate of drug-likeness (QED) is 0.842. The molecule has 1 aromatic heterocycles. The molecule has 98 valence electrons. The van der Waals surface area contributed by atoms with Crippen molar-refractivity contribution in [3.05, 3.63) is 23.2 Å². The van der Waals surface area contributed by atoms with Crippen LogP contribution in [0.1, 0.15) is 25.5 Å². The minimum absolute atomic E-state index is 0.00362. The molecule has 6 heteroatoms. The molecule has 3 aliphatic heterocycles. The molecule has 3 saturated heterocycles. The highest BCUT2D eigenvalue weighted by Crippen LogP contribution is 2.45. The van der Waals surface area contributed by atoms with Crippen LogP contribution in [0.25, 0.3) is 0 Å². The van der Waals surface area contributed by atoms with Crippen LogP contribution in [0.3, 0.4) is 0 Å². The summed E-state index contributed by atoms with van der Waals surface area (Å²) in [5, 5.41) is 0.335. The zero-order chi connectivity index (χ0) is 12.6. The monoisotopic (exact) mass is 270 g/mol. The van der Waals surface area contributed by atoms with Crippen molar-refractivity contribution in [1.29, 1.82) is 0 Å². The van der Waals surface area contributed by atoms with Gasteiger partial charge in [-0.2, -0.15) is 0 Å². The topological polar surface area (TPSA) is 53.5 Å². The highest BCUT2D eigenvalue weighted by molar-refractivity contribution is 6.29. The molecule has 0 radical (unpaired) electrons. The maximum Gasteiger partial charge on any atom is 0.331 e. The minimum Gasteiger partial charge on any atom is -0.322 e. The smallest absolute Gasteiger partial charge is 0.322 e. The first-order valence-electron chi connectivity index (χ1n) is 6.08. The number of hydrogen-bond donors (Lipinski definition) is 0. The summed E-state index contributed by atoms with van der Waals surface area (Å²) < 4.78 is 17.3. The molecule has 2 bridgehead atoms. The Labute approximate surface area is 110 Å². The molecule has 0 atom stereocenters. The average Bonchev–Trinajstić information content (AvgIpc) is 2.42.